The number of fused-ring (bicyclic) bond motifs is 2. The summed E-state index contributed by atoms with van der Waals surface area (Å²) in [6.07, 6.45) is 5.74. The minimum atomic E-state index is -0.0144. The van der Waals surface area contributed by atoms with Crippen molar-refractivity contribution in [1.29, 1.82) is 0 Å². The Hall–Kier alpha value is -2.38. The molecule has 4 aromatic rings. The Morgan fingerprint density at radius 1 is 1.36 bits per heavy atom. The van der Waals surface area contributed by atoms with E-state index in [2.05, 4.69) is 16.5 Å². The van der Waals surface area contributed by atoms with Crippen LogP contribution in [0, 0.1) is 6.92 Å². The molecule has 0 aliphatic rings. The molecule has 0 aromatic carbocycles. The zero-order valence-electron chi connectivity index (χ0n) is 13.7. The topological polar surface area (TPSA) is 52.2 Å². The number of aryl methyl sites for hydroxylation is 1. The van der Waals surface area contributed by atoms with Gasteiger partial charge in [0.2, 0.25) is 0 Å². The third-order valence-corrected chi connectivity index (χ3v) is 5.75. The van der Waals surface area contributed by atoms with Crippen LogP contribution >= 0.6 is 23.1 Å². The molecule has 0 radical (unpaired) electrons. The van der Waals surface area contributed by atoms with Crippen LogP contribution in [0.25, 0.3) is 15.9 Å². The SMILES string of the molecule is C=CCn1c(SCc2cn3cccc(C)c3n2)nc2sccc2c1=O. The van der Waals surface area contributed by atoms with Crippen molar-refractivity contribution in [3.05, 3.63) is 70.2 Å². The predicted octanol–water partition coefficient (Wildman–Crippen LogP) is 3.89. The average molecular weight is 368 g/mol. The van der Waals surface area contributed by atoms with E-state index in [4.69, 9.17) is 0 Å². The summed E-state index contributed by atoms with van der Waals surface area (Å²) in [6.45, 7) is 6.25. The number of aromatic nitrogens is 4. The van der Waals surface area contributed by atoms with Crippen molar-refractivity contribution in [2.24, 2.45) is 0 Å². The number of hydrogen-bond acceptors (Lipinski definition) is 5. The lowest BCUT2D eigenvalue weighted by atomic mass is 10.3. The van der Waals surface area contributed by atoms with E-state index < -0.39 is 0 Å². The van der Waals surface area contributed by atoms with Crippen LogP contribution < -0.4 is 5.56 Å². The van der Waals surface area contributed by atoms with Gasteiger partial charge in [-0.2, -0.15) is 0 Å². The minimum Gasteiger partial charge on any atom is -0.307 e. The summed E-state index contributed by atoms with van der Waals surface area (Å²) in [7, 11) is 0. The number of imidazole rings is 1. The number of rotatable bonds is 5. The first-order valence-electron chi connectivity index (χ1n) is 7.82. The van der Waals surface area contributed by atoms with Crippen LogP contribution in [-0.2, 0) is 12.3 Å². The zero-order valence-corrected chi connectivity index (χ0v) is 15.3. The van der Waals surface area contributed by atoms with Crippen molar-refractivity contribution in [2.45, 2.75) is 24.4 Å². The van der Waals surface area contributed by atoms with Crippen LogP contribution in [0.3, 0.4) is 0 Å². The molecule has 0 bridgehead atoms. The fraction of sp³-hybridized carbons (Fsp3) is 0.167. The molecular weight excluding hydrogens is 352 g/mol. The third kappa shape index (κ3) is 2.89. The molecule has 0 spiro atoms. The van der Waals surface area contributed by atoms with Crippen molar-refractivity contribution in [1.82, 2.24) is 18.9 Å². The molecule has 126 valence electrons. The molecule has 0 amide bonds. The van der Waals surface area contributed by atoms with Gasteiger partial charge < -0.3 is 4.40 Å². The van der Waals surface area contributed by atoms with E-state index in [1.165, 1.54) is 23.1 Å². The van der Waals surface area contributed by atoms with Crippen LogP contribution in [0.5, 0.6) is 0 Å². The fourth-order valence-electron chi connectivity index (χ4n) is 2.74. The van der Waals surface area contributed by atoms with Gasteiger partial charge in [-0.1, -0.05) is 23.9 Å². The first kappa shape index (κ1) is 16.1. The lowest BCUT2D eigenvalue weighted by Gasteiger charge is -2.09. The molecule has 4 aromatic heterocycles. The van der Waals surface area contributed by atoms with Crippen molar-refractivity contribution in [2.75, 3.05) is 0 Å². The molecule has 0 saturated carbocycles. The third-order valence-electron chi connectivity index (χ3n) is 3.94. The normalized spacial score (nSPS) is 11.4. The summed E-state index contributed by atoms with van der Waals surface area (Å²) in [5, 5.41) is 3.27. The van der Waals surface area contributed by atoms with Gasteiger partial charge >= 0.3 is 0 Å². The lowest BCUT2D eigenvalue weighted by molar-refractivity contribution is 0.672. The Kier molecular flexibility index (Phi) is 4.19. The molecule has 0 aliphatic carbocycles. The van der Waals surface area contributed by atoms with E-state index >= 15 is 0 Å². The van der Waals surface area contributed by atoms with Gasteiger partial charge in [0.25, 0.3) is 5.56 Å². The van der Waals surface area contributed by atoms with Gasteiger partial charge in [0.15, 0.2) is 5.16 Å². The van der Waals surface area contributed by atoms with Gasteiger partial charge in [-0.25, -0.2) is 9.97 Å². The van der Waals surface area contributed by atoms with Crippen molar-refractivity contribution in [3.63, 3.8) is 0 Å². The monoisotopic (exact) mass is 368 g/mol. The maximum atomic E-state index is 12.6. The molecule has 0 saturated heterocycles. The van der Waals surface area contributed by atoms with Crippen LogP contribution in [0.1, 0.15) is 11.3 Å². The number of nitrogens with zero attached hydrogens (tertiary/aromatic N) is 4. The highest BCUT2D eigenvalue weighted by molar-refractivity contribution is 7.98. The van der Waals surface area contributed by atoms with Crippen LogP contribution in [0.15, 0.2) is 58.6 Å². The summed E-state index contributed by atoms with van der Waals surface area (Å²) < 4.78 is 3.70. The quantitative estimate of drug-likeness (QED) is 0.305. The van der Waals surface area contributed by atoms with Crippen LogP contribution in [0.2, 0.25) is 0 Å². The Balaban J connectivity index is 1.69. The van der Waals surface area contributed by atoms with Gasteiger partial charge in [-0.3, -0.25) is 9.36 Å². The number of hydrogen-bond donors (Lipinski definition) is 0. The van der Waals surface area contributed by atoms with Crippen molar-refractivity contribution in [3.8, 4) is 0 Å². The molecule has 0 fully saturated rings. The second kappa shape index (κ2) is 6.50. The number of thioether (sulfide) groups is 1. The summed E-state index contributed by atoms with van der Waals surface area (Å²) in [5.74, 6) is 0.654. The Morgan fingerprint density at radius 2 is 2.24 bits per heavy atom. The average Bonchev–Trinajstić information content (AvgIpc) is 3.23. The fourth-order valence-corrected chi connectivity index (χ4v) is 4.44. The van der Waals surface area contributed by atoms with E-state index in [9.17, 15) is 4.79 Å². The van der Waals surface area contributed by atoms with E-state index in [1.807, 2.05) is 47.3 Å². The van der Waals surface area contributed by atoms with Gasteiger partial charge in [-0.15, -0.1) is 17.9 Å². The zero-order chi connectivity index (χ0) is 17.4. The van der Waals surface area contributed by atoms with Crippen LogP contribution in [0.4, 0.5) is 0 Å². The summed E-state index contributed by atoms with van der Waals surface area (Å²) >= 11 is 3.02. The first-order valence-corrected chi connectivity index (χ1v) is 9.69. The summed E-state index contributed by atoms with van der Waals surface area (Å²) in [5.41, 5.74) is 3.05. The van der Waals surface area contributed by atoms with Gasteiger partial charge in [0.1, 0.15) is 10.5 Å². The number of allylic oxidation sites excluding steroid dienone is 1. The molecule has 4 rings (SSSR count). The largest absolute Gasteiger partial charge is 0.307 e. The van der Waals surface area contributed by atoms with Gasteiger partial charge in [0, 0.05) is 24.7 Å². The van der Waals surface area contributed by atoms with Crippen molar-refractivity contribution < 1.29 is 0 Å². The molecular formula is C18H16N4OS2. The highest BCUT2D eigenvalue weighted by Crippen LogP contribution is 2.24. The molecule has 7 heteroatoms. The smallest absolute Gasteiger partial charge is 0.263 e. The number of pyridine rings is 1. The van der Waals surface area contributed by atoms with Gasteiger partial charge in [-0.05, 0) is 30.0 Å². The van der Waals surface area contributed by atoms with E-state index in [-0.39, 0.29) is 5.56 Å². The Morgan fingerprint density at radius 3 is 3.04 bits per heavy atom. The van der Waals surface area contributed by atoms with Crippen molar-refractivity contribution >= 4 is 39.0 Å². The van der Waals surface area contributed by atoms with E-state index in [1.54, 1.807) is 10.6 Å². The van der Waals surface area contributed by atoms with Crippen LogP contribution in [-0.4, -0.2) is 18.9 Å². The number of thiophene rings is 1. The summed E-state index contributed by atoms with van der Waals surface area (Å²) in [4.78, 5) is 22.8. The molecule has 0 aliphatic heterocycles. The highest BCUT2D eigenvalue weighted by Gasteiger charge is 2.13. The predicted molar refractivity (Wildman–Crippen MR) is 104 cm³/mol. The second-order valence-electron chi connectivity index (χ2n) is 5.68. The molecule has 0 atom stereocenters. The van der Waals surface area contributed by atoms with E-state index in [0.29, 0.717) is 22.8 Å². The molecule has 0 unspecified atom stereocenters. The van der Waals surface area contributed by atoms with E-state index in [0.717, 1.165) is 21.7 Å². The lowest BCUT2D eigenvalue weighted by Crippen LogP contribution is -2.22. The maximum Gasteiger partial charge on any atom is 0.263 e. The molecule has 0 N–H and O–H groups in total. The molecule has 5 nitrogen and oxygen atoms in total. The second-order valence-corrected chi connectivity index (χ2v) is 7.52. The summed E-state index contributed by atoms with van der Waals surface area (Å²) in [6, 6.07) is 5.89. The molecule has 25 heavy (non-hydrogen) atoms. The maximum absolute atomic E-state index is 12.6. The standard InChI is InChI=1S/C18H16N4OS2/c1-3-7-22-17(23)14-6-9-24-16(14)20-18(22)25-11-13-10-21-8-4-5-12(2)15(21)19-13/h3-6,8-10H,1,7,11H2,2H3. The molecule has 4 heterocycles. The minimum absolute atomic E-state index is 0.0144. The first-order chi connectivity index (χ1) is 12.2. The highest BCUT2D eigenvalue weighted by atomic mass is 32.2. The Bertz CT molecular complexity index is 1140. The van der Waals surface area contributed by atoms with Gasteiger partial charge in [0.05, 0.1) is 11.1 Å². The Labute approximate surface area is 152 Å².